The highest BCUT2D eigenvalue weighted by molar-refractivity contribution is 6.25. The van der Waals surface area contributed by atoms with E-state index < -0.39 is 17.7 Å². The molecule has 0 spiro atoms. The lowest BCUT2D eigenvalue weighted by molar-refractivity contribution is -0.124. The Balaban J connectivity index is 1.51. The molecule has 2 aromatic rings. The third-order valence-electron chi connectivity index (χ3n) is 6.34. The smallest absolute Gasteiger partial charge is 0.276 e. The number of carbonyl (C=O) groups excluding carboxylic acids is 3. The summed E-state index contributed by atoms with van der Waals surface area (Å²) in [6.07, 6.45) is 4.16. The molecule has 0 saturated carbocycles. The van der Waals surface area contributed by atoms with Crippen LogP contribution in [0.3, 0.4) is 0 Å². The van der Waals surface area contributed by atoms with Gasteiger partial charge in [0.25, 0.3) is 5.91 Å². The summed E-state index contributed by atoms with van der Waals surface area (Å²) in [5.41, 5.74) is 1.77. The van der Waals surface area contributed by atoms with E-state index in [9.17, 15) is 14.4 Å². The van der Waals surface area contributed by atoms with Gasteiger partial charge in [-0.3, -0.25) is 23.7 Å². The van der Waals surface area contributed by atoms with Gasteiger partial charge in [0.2, 0.25) is 11.8 Å². The van der Waals surface area contributed by atoms with Gasteiger partial charge in [-0.05, 0) is 26.7 Å². The van der Waals surface area contributed by atoms with Crippen LogP contribution in [0.1, 0.15) is 35.9 Å². The zero-order valence-corrected chi connectivity index (χ0v) is 16.5. The van der Waals surface area contributed by atoms with Gasteiger partial charge < -0.3 is 10.1 Å². The fourth-order valence-corrected chi connectivity index (χ4v) is 4.76. The second-order valence-electron chi connectivity index (χ2n) is 7.77. The Bertz CT molecular complexity index is 1010. The van der Waals surface area contributed by atoms with Crippen molar-refractivity contribution in [3.05, 3.63) is 23.8 Å². The van der Waals surface area contributed by atoms with Crippen LogP contribution in [0, 0.1) is 18.8 Å². The van der Waals surface area contributed by atoms with Crippen LogP contribution >= 0.6 is 0 Å². The third kappa shape index (κ3) is 2.41. The number of anilines is 2. The summed E-state index contributed by atoms with van der Waals surface area (Å²) in [6.45, 7) is 4.11. The van der Waals surface area contributed by atoms with Crippen LogP contribution in [0.4, 0.5) is 11.4 Å². The van der Waals surface area contributed by atoms with Gasteiger partial charge >= 0.3 is 0 Å². The molecule has 2 aromatic heterocycles. The molecular formula is C19H22N6O4. The molecule has 4 atom stereocenters. The summed E-state index contributed by atoms with van der Waals surface area (Å²) in [6, 6.07) is 0. The van der Waals surface area contributed by atoms with Gasteiger partial charge in [0.15, 0.2) is 5.69 Å². The SMILES string of the molecule is CCn1ncc(N2C(=O)[C@@H]3[C@H](C2=O)[C@H]2CC[C@H]3O2)c1C(=O)Nc1cnn(C)c1C. The second kappa shape index (κ2) is 6.24. The molecule has 1 N–H and O–H groups in total. The van der Waals surface area contributed by atoms with E-state index in [1.807, 2.05) is 13.8 Å². The number of aromatic nitrogens is 4. The van der Waals surface area contributed by atoms with Gasteiger partial charge in [0.05, 0.1) is 47.8 Å². The number of nitrogens with zero attached hydrogens (tertiary/aromatic N) is 5. The summed E-state index contributed by atoms with van der Waals surface area (Å²) in [5.74, 6) is -1.94. The summed E-state index contributed by atoms with van der Waals surface area (Å²) < 4.78 is 8.93. The lowest BCUT2D eigenvalue weighted by atomic mass is 9.81. The topological polar surface area (TPSA) is 111 Å². The van der Waals surface area contributed by atoms with Gasteiger partial charge in [-0.25, -0.2) is 4.90 Å². The number of amides is 3. The Morgan fingerprint density at radius 3 is 2.38 bits per heavy atom. The summed E-state index contributed by atoms with van der Waals surface area (Å²) in [4.78, 5) is 40.5. The van der Waals surface area contributed by atoms with Crippen molar-refractivity contribution in [1.29, 1.82) is 0 Å². The summed E-state index contributed by atoms with van der Waals surface area (Å²) >= 11 is 0. The first-order valence-corrected chi connectivity index (χ1v) is 9.81. The largest absolute Gasteiger partial charge is 0.373 e. The third-order valence-corrected chi connectivity index (χ3v) is 6.34. The molecule has 152 valence electrons. The molecule has 3 aliphatic heterocycles. The monoisotopic (exact) mass is 398 g/mol. The van der Waals surface area contributed by atoms with E-state index in [0.717, 1.165) is 23.4 Å². The number of carbonyl (C=O) groups is 3. The summed E-state index contributed by atoms with van der Waals surface area (Å²) in [5, 5.41) is 11.2. The number of rotatable bonds is 4. The number of imide groups is 1. The minimum absolute atomic E-state index is 0.186. The number of nitrogens with one attached hydrogen (secondary N) is 1. The number of aryl methyl sites for hydroxylation is 2. The van der Waals surface area contributed by atoms with E-state index in [1.54, 1.807) is 17.9 Å². The maximum Gasteiger partial charge on any atom is 0.276 e. The average molecular weight is 398 g/mol. The van der Waals surface area contributed by atoms with Crippen molar-refractivity contribution in [1.82, 2.24) is 19.6 Å². The molecule has 29 heavy (non-hydrogen) atoms. The highest BCUT2D eigenvalue weighted by Crippen LogP contribution is 2.49. The highest BCUT2D eigenvalue weighted by Gasteiger charge is 2.63. The van der Waals surface area contributed by atoms with Gasteiger partial charge in [-0.15, -0.1) is 0 Å². The molecule has 3 amide bonds. The first kappa shape index (κ1) is 18.0. The van der Waals surface area contributed by atoms with Gasteiger partial charge in [0.1, 0.15) is 5.69 Å². The molecule has 3 saturated heterocycles. The lowest BCUT2D eigenvalue weighted by Gasteiger charge is -2.18. The Morgan fingerprint density at radius 2 is 1.83 bits per heavy atom. The quantitative estimate of drug-likeness (QED) is 0.765. The maximum absolute atomic E-state index is 13.1. The fourth-order valence-electron chi connectivity index (χ4n) is 4.76. The lowest BCUT2D eigenvalue weighted by Crippen LogP contribution is -2.35. The van der Waals surface area contributed by atoms with Crippen molar-refractivity contribution in [3.63, 3.8) is 0 Å². The van der Waals surface area contributed by atoms with Crippen molar-refractivity contribution in [2.24, 2.45) is 18.9 Å². The maximum atomic E-state index is 13.1. The number of ether oxygens (including phenoxy) is 1. The Labute approximate surface area is 166 Å². The molecule has 3 aliphatic rings. The van der Waals surface area contributed by atoms with Crippen molar-refractivity contribution in [2.75, 3.05) is 10.2 Å². The standard InChI is InChI=1S/C19H22N6O4/c1-4-24-16(17(26)22-10-7-20-23(3)9(10)2)11(8-21-24)25-18(27)14-12-5-6-13(29-12)15(14)19(25)28/h7-8,12-15H,4-6H2,1-3H3,(H,22,26)/t12-,13-,14-,15+/m1/s1. The molecule has 5 rings (SSSR count). The van der Waals surface area contributed by atoms with Crippen LogP contribution in [0.15, 0.2) is 12.4 Å². The minimum atomic E-state index is -0.456. The molecule has 3 fully saturated rings. The van der Waals surface area contributed by atoms with Crippen LogP contribution in [-0.4, -0.2) is 49.5 Å². The normalized spacial score (nSPS) is 27.8. The van der Waals surface area contributed by atoms with Crippen LogP contribution in [0.2, 0.25) is 0 Å². The molecule has 2 bridgehead atoms. The van der Waals surface area contributed by atoms with Crippen molar-refractivity contribution in [2.45, 2.75) is 45.4 Å². The Hall–Kier alpha value is -3.01. The molecule has 0 radical (unpaired) electrons. The number of hydrogen-bond donors (Lipinski definition) is 1. The van der Waals surface area contributed by atoms with Crippen molar-refractivity contribution in [3.8, 4) is 0 Å². The average Bonchev–Trinajstić information content (AvgIpc) is 3.49. The molecule has 0 aromatic carbocycles. The van der Waals surface area contributed by atoms with E-state index in [4.69, 9.17) is 4.74 Å². The zero-order valence-electron chi connectivity index (χ0n) is 16.5. The van der Waals surface area contributed by atoms with Crippen LogP contribution < -0.4 is 10.2 Å². The van der Waals surface area contributed by atoms with Gasteiger partial charge in [-0.2, -0.15) is 10.2 Å². The van der Waals surface area contributed by atoms with Crippen LogP contribution in [0.25, 0.3) is 0 Å². The highest BCUT2D eigenvalue weighted by atomic mass is 16.5. The Morgan fingerprint density at radius 1 is 1.17 bits per heavy atom. The molecule has 10 heteroatoms. The van der Waals surface area contributed by atoms with E-state index in [1.165, 1.54) is 10.9 Å². The van der Waals surface area contributed by atoms with E-state index in [0.29, 0.717) is 12.2 Å². The zero-order chi connectivity index (χ0) is 20.4. The molecule has 0 unspecified atom stereocenters. The predicted octanol–water partition coefficient (Wildman–Crippen LogP) is 0.864. The predicted molar refractivity (Wildman–Crippen MR) is 101 cm³/mol. The van der Waals surface area contributed by atoms with E-state index in [2.05, 4.69) is 15.5 Å². The number of hydrogen-bond acceptors (Lipinski definition) is 6. The minimum Gasteiger partial charge on any atom is -0.373 e. The fraction of sp³-hybridized carbons (Fsp3) is 0.526. The summed E-state index contributed by atoms with van der Waals surface area (Å²) in [7, 11) is 1.78. The van der Waals surface area contributed by atoms with Crippen LogP contribution in [-0.2, 0) is 27.9 Å². The molecule has 10 nitrogen and oxygen atoms in total. The van der Waals surface area contributed by atoms with E-state index >= 15 is 0 Å². The second-order valence-corrected chi connectivity index (χ2v) is 7.77. The molecule has 5 heterocycles. The first-order chi connectivity index (χ1) is 13.9. The number of fused-ring (bicyclic) bond motifs is 5. The molecule has 0 aliphatic carbocycles. The van der Waals surface area contributed by atoms with Crippen molar-refractivity contribution >= 4 is 29.1 Å². The van der Waals surface area contributed by atoms with E-state index in [-0.39, 0.29) is 35.4 Å². The van der Waals surface area contributed by atoms with Gasteiger partial charge in [0, 0.05) is 13.6 Å². The Kier molecular flexibility index (Phi) is 3.89. The molecular weight excluding hydrogens is 376 g/mol. The first-order valence-electron chi connectivity index (χ1n) is 9.81. The van der Waals surface area contributed by atoms with Gasteiger partial charge in [-0.1, -0.05) is 0 Å². The van der Waals surface area contributed by atoms with Crippen molar-refractivity contribution < 1.29 is 19.1 Å². The van der Waals surface area contributed by atoms with Crippen LogP contribution in [0.5, 0.6) is 0 Å².